The molecule has 0 bridgehead atoms. The van der Waals surface area contributed by atoms with Crippen LogP contribution in [0.1, 0.15) is 5.56 Å². The lowest BCUT2D eigenvalue weighted by atomic mass is 10.2. The number of methoxy groups -OCH3 is 2. The third-order valence-corrected chi connectivity index (χ3v) is 7.98. The zero-order chi connectivity index (χ0) is 24.0. The molecule has 1 fully saturated rings. The summed E-state index contributed by atoms with van der Waals surface area (Å²) in [7, 11) is -1.17. The molecule has 1 aliphatic rings. The highest BCUT2D eigenvalue weighted by molar-refractivity contribution is 8.00. The first kappa shape index (κ1) is 24.8. The fraction of sp³-hybridized carbons (Fsp3) is 0.333. The fourth-order valence-corrected chi connectivity index (χ4v) is 5.46. The van der Waals surface area contributed by atoms with Crippen molar-refractivity contribution in [3.05, 3.63) is 53.8 Å². The Morgan fingerprint density at radius 1 is 1.15 bits per heavy atom. The van der Waals surface area contributed by atoms with E-state index in [0.29, 0.717) is 5.75 Å². The number of thioether (sulfide) groups is 1. The van der Waals surface area contributed by atoms with E-state index in [-0.39, 0.29) is 41.2 Å². The second kappa shape index (κ2) is 10.9. The molecule has 33 heavy (non-hydrogen) atoms. The summed E-state index contributed by atoms with van der Waals surface area (Å²) in [5, 5.41) is 6.89. The average molecular weight is 498 g/mol. The van der Waals surface area contributed by atoms with Crippen LogP contribution in [0.2, 0.25) is 0 Å². The third-order valence-electron chi connectivity index (χ3n) is 4.90. The van der Waals surface area contributed by atoms with E-state index >= 15 is 0 Å². The van der Waals surface area contributed by atoms with E-state index < -0.39 is 26.5 Å². The molecule has 2 aromatic carbocycles. The zero-order valence-electron chi connectivity index (χ0n) is 18.0. The summed E-state index contributed by atoms with van der Waals surface area (Å²) in [6.45, 7) is 0.132. The van der Waals surface area contributed by atoms with Gasteiger partial charge in [0.05, 0.1) is 24.9 Å². The summed E-state index contributed by atoms with van der Waals surface area (Å²) in [5.41, 5.74) is 0.132. The molecule has 0 aliphatic carbocycles. The predicted octanol–water partition coefficient (Wildman–Crippen LogP) is 1.04. The van der Waals surface area contributed by atoms with E-state index in [1.54, 1.807) is 12.1 Å². The molecule has 0 spiro atoms. The van der Waals surface area contributed by atoms with Crippen molar-refractivity contribution in [1.82, 2.24) is 16.0 Å². The van der Waals surface area contributed by atoms with Gasteiger partial charge in [-0.1, -0.05) is 12.1 Å². The third kappa shape index (κ3) is 6.15. The average Bonchev–Trinajstić information content (AvgIpc) is 2.81. The standard InChI is InChI=1S/C21H24FN3O6S2/c1-30-16-8-7-15(9-17(16)31-2)33(28,29)18-11-24-21(25-20(18)27)32-12-19(26)23-10-13-3-5-14(22)6-4-13/h3-9,18,21,24H,10-12H2,1-2H3,(H,23,26)(H,25,27). The van der Waals surface area contributed by atoms with Crippen molar-refractivity contribution in [2.24, 2.45) is 0 Å². The smallest absolute Gasteiger partial charge is 0.241 e. The molecule has 9 nitrogen and oxygen atoms in total. The van der Waals surface area contributed by atoms with Gasteiger partial charge in [-0.25, -0.2) is 12.8 Å². The topological polar surface area (TPSA) is 123 Å². The zero-order valence-corrected chi connectivity index (χ0v) is 19.6. The first-order valence-corrected chi connectivity index (χ1v) is 12.5. The number of hydrogen-bond donors (Lipinski definition) is 3. The maximum Gasteiger partial charge on any atom is 0.241 e. The lowest BCUT2D eigenvalue weighted by molar-refractivity contribution is -0.122. The van der Waals surface area contributed by atoms with Crippen molar-refractivity contribution >= 4 is 33.4 Å². The van der Waals surface area contributed by atoms with Crippen LogP contribution >= 0.6 is 11.8 Å². The lowest BCUT2D eigenvalue weighted by Gasteiger charge is -2.29. The second-order valence-corrected chi connectivity index (χ2v) is 10.3. The van der Waals surface area contributed by atoms with Gasteiger partial charge in [0.2, 0.25) is 11.8 Å². The van der Waals surface area contributed by atoms with Crippen LogP contribution in [0.4, 0.5) is 4.39 Å². The number of sulfone groups is 1. The lowest BCUT2D eigenvalue weighted by Crippen LogP contribution is -2.59. The highest BCUT2D eigenvalue weighted by atomic mass is 32.2. The number of carbonyl (C=O) groups is 2. The van der Waals surface area contributed by atoms with E-state index in [1.807, 2.05) is 0 Å². The minimum absolute atomic E-state index is 0.0340. The summed E-state index contributed by atoms with van der Waals surface area (Å²) in [5.74, 6) is -0.647. The Morgan fingerprint density at radius 2 is 1.85 bits per heavy atom. The highest BCUT2D eigenvalue weighted by Gasteiger charge is 2.39. The van der Waals surface area contributed by atoms with Gasteiger partial charge in [0, 0.05) is 19.2 Å². The van der Waals surface area contributed by atoms with Gasteiger partial charge in [0.25, 0.3) is 0 Å². The maximum absolute atomic E-state index is 13.0. The van der Waals surface area contributed by atoms with Gasteiger partial charge in [-0.15, -0.1) is 11.8 Å². The van der Waals surface area contributed by atoms with Crippen molar-refractivity contribution in [2.45, 2.75) is 22.2 Å². The monoisotopic (exact) mass is 497 g/mol. The molecule has 1 aliphatic heterocycles. The van der Waals surface area contributed by atoms with Gasteiger partial charge >= 0.3 is 0 Å². The fourth-order valence-electron chi connectivity index (χ4n) is 3.10. The summed E-state index contributed by atoms with van der Waals surface area (Å²) < 4.78 is 49.2. The Morgan fingerprint density at radius 3 is 2.48 bits per heavy atom. The maximum atomic E-state index is 13.0. The Balaban J connectivity index is 1.53. The molecule has 2 atom stereocenters. The molecule has 2 amide bonds. The molecule has 0 saturated carbocycles. The largest absolute Gasteiger partial charge is 0.493 e. The van der Waals surface area contributed by atoms with Gasteiger partial charge in [-0.05, 0) is 29.8 Å². The Kier molecular flexibility index (Phi) is 8.16. The molecule has 3 rings (SSSR count). The molecule has 0 aromatic heterocycles. The molecule has 1 saturated heterocycles. The van der Waals surface area contributed by atoms with Crippen molar-refractivity contribution in [1.29, 1.82) is 0 Å². The number of carbonyl (C=O) groups excluding carboxylic acids is 2. The van der Waals surface area contributed by atoms with Crippen LogP contribution in [0.25, 0.3) is 0 Å². The van der Waals surface area contributed by atoms with Gasteiger partial charge in [-0.3, -0.25) is 14.9 Å². The number of hydrogen-bond acceptors (Lipinski definition) is 8. The van der Waals surface area contributed by atoms with E-state index in [0.717, 1.165) is 17.3 Å². The van der Waals surface area contributed by atoms with Gasteiger partial charge < -0.3 is 20.1 Å². The summed E-state index contributed by atoms with van der Waals surface area (Å²) in [6, 6.07) is 9.90. The van der Waals surface area contributed by atoms with Gasteiger partial charge in [0.1, 0.15) is 11.3 Å². The van der Waals surface area contributed by atoms with Crippen molar-refractivity contribution < 1.29 is 31.9 Å². The summed E-state index contributed by atoms with van der Waals surface area (Å²) in [6.07, 6.45) is 0. The minimum atomic E-state index is -3.99. The normalized spacial score (nSPS) is 18.3. The number of amides is 2. The van der Waals surface area contributed by atoms with Crippen LogP contribution in [0.15, 0.2) is 47.4 Å². The Hall–Kier alpha value is -2.83. The number of ether oxygens (including phenoxy) is 2. The molecule has 2 unspecified atom stereocenters. The molecular formula is C21H24FN3O6S2. The first-order chi connectivity index (χ1) is 15.7. The predicted molar refractivity (Wildman–Crippen MR) is 121 cm³/mol. The minimum Gasteiger partial charge on any atom is -0.493 e. The number of halogens is 1. The van der Waals surface area contributed by atoms with Crippen molar-refractivity contribution in [2.75, 3.05) is 26.5 Å². The van der Waals surface area contributed by atoms with Crippen molar-refractivity contribution in [3.63, 3.8) is 0 Å². The molecule has 3 N–H and O–H groups in total. The SMILES string of the molecule is COc1ccc(S(=O)(=O)C2CNC(SCC(=O)NCc3ccc(F)cc3)NC2=O)cc1OC. The van der Waals surface area contributed by atoms with Crippen LogP contribution in [-0.2, 0) is 26.0 Å². The van der Waals surface area contributed by atoms with Crippen LogP contribution < -0.4 is 25.4 Å². The van der Waals surface area contributed by atoms with E-state index in [9.17, 15) is 22.4 Å². The molecule has 12 heteroatoms. The van der Waals surface area contributed by atoms with E-state index in [1.165, 1.54) is 44.6 Å². The summed E-state index contributed by atoms with van der Waals surface area (Å²) in [4.78, 5) is 24.6. The molecule has 178 valence electrons. The second-order valence-electron chi connectivity index (χ2n) is 7.06. The quantitative estimate of drug-likeness (QED) is 0.470. The highest BCUT2D eigenvalue weighted by Crippen LogP contribution is 2.31. The van der Waals surface area contributed by atoms with Crippen LogP contribution in [-0.4, -0.2) is 57.5 Å². The van der Waals surface area contributed by atoms with E-state index in [2.05, 4.69) is 16.0 Å². The van der Waals surface area contributed by atoms with Crippen molar-refractivity contribution in [3.8, 4) is 11.5 Å². The molecule has 1 heterocycles. The first-order valence-electron chi connectivity index (χ1n) is 9.87. The van der Waals surface area contributed by atoms with Gasteiger partial charge in [-0.2, -0.15) is 0 Å². The number of nitrogens with one attached hydrogen (secondary N) is 3. The number of rotatable bonds is 9. The number of benzene rings is 2. The van der Waals surface area contributed by atoms with Crippen LogP contribution in [0, 0.1) is 5.82 Å². The molecule has 0 radical (unpaired) electrons. The molecular weight excluding hydrogens is 473 g/mol. The van der Waals surface area contributed by atoms with Crippen LogP contribution in [0.3, 0.4) is 0 Å². The van der Waals surface area contributed by atoms with Gasteiger partial charge in [0.15, 0.2) is 26.6 Å². The Bertz CT molecular complexity index is 1110. The Labute approximate surface area is 195 Å². The van der Waals surface area contributed by atoms with E-state index in [4.69, 9.17) is 9.47 Å². The summed E-state index contributed by atoms with van der Waals surface area (Å²) >= 11 is 1.12. The molecule has 2 aromatic rings. The van der Waals surface area contributed by atoms with Crippen LogP contribution in [0.5, 0.6) is 11.5 Å².